The van der Waals surface area contributed by atoms with Gasteiger partial charge in [0.05, 0.1) is 29.8 Å². The van der Waals surface area contributed by atoms with Crippen LogP contribution in [-0.4, -0.2) is 18.2 Å². The molecule has 112 valence electrons. The van der Waals surface area contributed by atoms with Gasteiger partial charge in [0.2, 0.25) is 5.91 Å². The topological polar surface area (TPSA) is 64.4 Å². The molecule has 0 atom stereocenters. The Hall–Kier alpha value is -2.60. The number of amides is 1. The minimum Gasteiger partial charge on any atom is -0.495 e. The molecule has 0 spiro atoms. The third-order valence-electron chi connectivity index (χ3n) is 3.05. The van der Waals surface area contributed by atoms with Gasteiger partial charge in [0.25, 0.3) is 0 Å². The van der Waals surface area contributed by atoms with Crippen LogP contribution in [0.3, 0.4) is 0 Å². The number of thiophene rings is 1. The number of para-hydroxylation sites is 2. The zero-order valence-electron chi connectivity index (χ0n) is 11.9. The van der Waals surface area contributed by atoms with Gasteiger partial charge in [0.15, 0.2) is 5.76 Å². The number of nitrogens with zero attached hydrogens (tertiary/aromatic N) is 1. The van der Waals surface area contributed by atoms with Crippen LogP contribution in [0.1, 0.15) is 5.69 Å². The summed E-state index contributed by atoms with van der Waals surface area (Å²) in [5.41, 5.74) is 1.23. The van der Waals surface area contributed by atoms with E-state index in [1.165, 1.54) is 0 Å². The first kappa shape index (κ1) is 14.3. The Morgan fingerprint density at radius 1 is 1.32 bits per heavy atom. The van der Waals surface area contributed by atoms with Gasteiger partial charge in [-0.3, -0.25) is 4.79 Å². The lowest BCUT2D eigenvalue weighted by molar-refractivity contribution is -0.115. The second-order valence-electron chi connectivity index (χ2n) is 4.59. The molecule has 6 heteroatoms. The summed E-state index contributed by atoms with van der Waals surface area (Å²) in [7, 11) is 1.57. The van der Waals surface area contributed by atoms with Gasteiger partial charge in [0.1, 0.15) is 5.75 Å². The molecule has 0 saturated heterocycles. The predicted molar refractivity (Wildman–Crippen MR) is 85.1 cm³/mol. The molecular formula is C16H14N2O3S. The maximum atomic E-state index is 12.1. The summed E-state index contributed by atoms with van der Waals surface area (Å²) in [6.07, 6.45) is 0.146. The van der Waals surface area contributed by atoms with Gasteiger partial charge in [-0.25, -0.2) is 0 Å². The number of hydrogen-bond acceptors (Lipinski definition) is 5. The van der Waals surface area contributed by atoms with E-state index in [2.05, 4.69) is 10.5 Å². The van der Waals surface area contributed by atoms with Gasteiger partial charge >= 0.3 is 0 Å². The molecule has 1 amide bonds. The molecule has 5 nitrogen and oxygen atoms in total. The van der Waals surface area contributed by atoms with Gasteiger partial charge in [-0.15, -0.1) is 11.3 Å². The van der Waals surface area contributed by atoms with E-state index in [1.807, 2.05) is 29.6 Å². The molecule has 1 aromatic carbocycles. The normalized spacial score (nSPS) is 10.4. The molecule has 3 aromatic rings. The van der Waals surface area contributed by atoms with Crippen LogP contribution in [0.4, 0.5) is 5.69 Å². The van der Waals surface area contributed by atoms with E-state index >= 15 is 0 Å². The van der Waals surface area contributed by atoms with Crippen molar-refractivity contribution in [3.8, 4) is 16.4 Å². The molecule has 0 saturated carbocycles. The molecule has 1 N–H and O–H groups in total. The van der Waals surface area contributed by atoms with Crippen molar-refractivity contribution < 1.29 is 14.1 Å². The number of benzene rings is 1. The summed E-state index contributed by atoms with van der Waals surface area (Å²) in [6, 6.07) is 12.9. The maximum Gasteiger partial charge on any atom is 0.230 e. The number of aromatic nitrogens is 1. The highest BCUT2D eigenvalue weighted by molar-refractivity contribution is 7.13. The molecule has 2 aromatic heterocycles. The minimum atomic E-state index is -0.171. The summed E-state index contributed by atoms with van der Waals surface area (Å²) >= 11 is 1.56. The molecule has 3 rings (SSSR count). The lowest BCUT2D eigenvalue weighted by Crippen LogP contribution is -2.15. The van der Waals surface area contributed by atoms with E-state index in [0.29, 0.717) is 22.9 Å². The molecule has 0 aliphatic heterocycles. The quantitative estimate of drug-likeness (QED) is 0.781. The monoisotopic (exact) mass is 314 g/mol. The number of methoxy groups -OCH3 is 1. The third kappa shape index (κ3) is 3.17. The van der Waals surface area contributed by atoms with Crippen molar-refractivity contribution >= 4 is 22.9 Å². The van der Waals surface area contributed by atoms with Crippen molar-refractivity contribution in [1.82, 2.24) is 5.16 Å². The fraction of sp³-hybridized carbons (Fsp3) is 0.125. The van der Waals surface area contributed by atoms with E-state index in [4.69, 9.17) is 9.26 Å². The van der Waals surface area contributed by atoms with E-state index in [1.54, 1.807) is 36.6 Å². The van der Waals surface area contributed by atoms with Crippen molar-refractivity contribution in [1.29, 1.82) is 0 Å². The average molecular weight is 314 g/mol. The highest BCUT2D eigenvalue weighted by Crippen LogP contribution is 2.26. The number of anilines is 1. The summed E-state index contributed by atoms with van der Waals surface area (Å²) in [5, 5.41) is 8.71. The summed E-state index contributed by atoms with van der Waals surface area (Å²) < 4.78 is 10.5. The highest BCUT2D eigenvalue weighted by atomic mass is 32.1. The SMILES string of the molecule is COc1ccccc1NC(=O)Cc1cc(-c2cccs2)on1. The fourth-order valence-electron chi connectivity index (χ4n) is 2.04. The molecule has 2 heterocycles. The van der Waals surface area contributed by atoms with Crippen LogP contribution in [0.5, 0.6) is 5.75 Å². The van der Waals surface area contributed by atoms with Gasteiger partial charge in [-0.2, -0.15) is 0 Å². The lowest BCUT2D eigenvalue weighted by Gasteiger charge is -2.08. The van der Waals surface area contributed by atoms with Gasteiger partial charge in [-0.1, -0.05) is 23.4 Å². The Bertz CT molecular complexity index is 765. The number of rotatable bonds is 5. The molecule has 0 radical (unpaired) electrons. The van der Waals surface area contributed by atoms with Crippen molar-refractivity contribution in [3.63, 3.8) is 0 Å². The highest BCUT2D eigenvalue weighted by Gasteiger charge is 2.12. The summed E-state index contributed by atoms with van der Waals surface area (Å²) in [6.45, 7) is 0. The average Bonchev–Trinajstić information content (AvgIpc) is 3.18. The molecule has 0 aliphatic rings. The Balaban J connectivity index is 1.67. The van der Waals surface area contributed by atoms with Crippen molar-refractivity contribution in [2.75, 3.05) is 12.4 Å². The van der Waals surface area contributed by atoms with Crippen LogP contribution in [0, 0.1) is 0 Å². The minimum absolute atomic E-state index is 0.146. The van der Waals surface area contributed by atoms with Crippen LogP contribution in [0.25, 0.3) is 10.6 Å². The second-order valence-corrected chi connectivity index (χ2v) is 5.53. The first-order valence-electron chi connectivity index (χ1n) is 6.68. The van der Waals surface area contributed by atoms with Gasteiger partial charge in [0, 0.05) is 6.07 Å². The number of nitrogens with one attached hydrogen (secondary N) is 1. The van der Waals surface area contributed by atoms with Gasteiger partial charge < -0.3 is 14.6 Å². The van der Waals surface area contributed by atoms with Crippen LogP contribution in [0.15, 0.2) is 52.4 Å². The Morgan fingerprint density at radius 2 is 2.18 bits per heavy atom. The van der Waals surface area contributed by atoms with Crippen molar-refractivity contribution in [2.24, 2.45) is 0 Å². The number of carbonyl (C=O) groups is 1. The summed E-state index contributed by atoms with van der Waals surface area (Å²) in [4.78, 5) is 13.1. The number of carbonyl (C=O) groups excluding carboxylic acids is 1. The Kier molecular flexibility index (Phi) is 4.20. The zero-order chi connectivity index (χ0) is 15.4. The predicted octanol–water partition coefficient (Wildman–Crippen LogP) is 3.59. The van der Waals surface area contributed by atoms with Crippen LogP contribution >= 0.6 is 11.3 Å². The molecule has 0 bridgehead atoms. The number of hydrogen-bond donors (Lipinski definition) is 1. The van der Waals surface area contributed by atoms with E-state index in [9.17, 15) is 4.79 Å². The van der Waals surface area contributed by atoms with Gasteiger partial charge in [-0.05, 0) is 23.6 Å². The molecule has 0 aliphatic carbocycles. The Morgan fingerprint density at radius 3 is 2.95 bits per heavy atom. The van der Waals surface area contributed by atoms with Crippen LogP contribution < -0.4 is 10.1 Å². The largest absolute Gasteiger partial charge is 0.495 e. The second kappa shape index (κ2) is 6.44. The van der Waals surface area contributed by atoms with Crippen molar-refractivity contribution in [2.45, 2.75) is 6.42 Å². The van der Waals surface area contributed by atoms with Crippen molar-refractivity contribution in [3.05, 3.63) is 53.5 Å². The van der Waals surface area contributed by atoms with Crippen LogP contribution in [0.2, 0.25) is 0 Å². The van der Waals surface area contributed by atoms with E-state index < -0.39 is 0 Å². The van der Waals surface area contributed by atoms with E-state index in [0.717, 1.165) is 4.88 Å². The Labute approximate surface area is 131 Å². The summed E-state index contributed by atoms with van der Waals surface area (Å²) in [5.74, 6) is 1.13. The molecule has 0 fully saturated rings. The first-order valence-corrected chi connectivity index (χ1v) is 7.56. The third-order valence-corrected chi connectivity index (χ3v) is 3.93. The first-order chi connectivity index (χ1) is 10.8. The number of ether oxygens (including phenoxy) is 1. The van der Waals surface area contributed by atoms with E-state index in [-0.39, 0.29) is 12.3 Å². The smallest absolute Gasteiger partial charge is 0.230 e. The molecule has 0 unspecified atom stereocenters. The van der Waals surface area contributed by atoms with Crippen LogP contribution in [-0.2, 0) is 11.2 Å². The maximum absolute atomic E-state index is 12.1. The standard InChI is InChI=1S/C16H14N2O3S/c1-20-13-6-3-2-5-12(13)17-16(19)10-11-9-14(21-18-11)15-7-4-8-22-15/h2-9H,10H2,1H3,(H,17,19). The molecular weight excluding hydrogens is 300 g/mol. The molecule has 22 heavy (non-hydrogen) atoms. The lowest BCUT2D eigenvalue weighted by atomic mass is 10.2. The fourth-order valence-corrected chi connectivity index (χ4v) is 2.71. The zero-order valence-corrected chi connectivity index (χ0v) is 12.7.